The number of benzene rings is 1. The van der Waals surface area contributed by atoms with Gasteiger partial charge < -0.3 is 10.2 Å². The van der Waals surface area contributed by atoms with Crippen LogP contribution in [0.1, 0.15) is 0 Å². The second-order valence-electron chi connectivity index (χ2n) is 2.38. The average molecular weight is 249 g/mol. The van der Waals surface area contributed by atoms with Gasteiger partial charge in [0, 0.05) is 6.07 Å². The van der Waals surface area contributed by atoms with Gasteiger partial charge in [-0.2, -0.15) is 4.98 Å². The molecule has 13 heavy (non-hydrogen) atoms. The number of hydrogen-bond donors (Lipinski definition) is 1. The Morgan fingerprint density at radius 1 is 1.38 bits per heavy atom. The van der Waals surface area contributed by atoms with Crippen LogP contribution < -0.4 is 5.73 Å². The summed E-state index contributed by atoms with van der Waals surface area (Å²) in [5, 5.41) is 0. The maximum absolute atomic E-state index is 13.0. The molecule has 1 heterocycles. The number of anilines is 1. The molecular weight excluding hydrogens is 246 g/mol. The van der Waals surface area contributed by atoms with Gasteiger partial charge in [0.15, 0.2) is 11.4 Å². The van der Waals surface area contributed by atoms with Crippen molar-refractivity contribution in [1.82, 2.24) is 4.98 Å². The van der Waals surface area contributed by atoms with Gasteiger partial charge in [-0.05, 0) is 15.9 Å². The maximum atomic E-state index is 13.0. The molecule has 2 rings (SSSR count). The highest BCUT2D eigenvalue weighted by Crippen LogP contribution is 2.29. The fourth-order valence-electron chi connectivity index (χ4n) is 1.00. The van der Waals surface area contributed by atoms with E-state index in [9.17, 15) is 8.78 Å². The monoisotopic (exact) mass is 248 g/mol. The number of oxazole rings is 1. The minimum Gasteiger partial charge on any atom is -0.420 e. The fourth-order valence-corrected chi connectivity index (χ4v) is 1.38. The zero-order valence-corrected chi connectivity index (χ0v) is 7.73. The van der Waals surface area contributed by atoms with Crippen LogP contribution in [0.25, 0.3) is 11.1 Å². The van der Waals surface area contributed by atoms with Crippen LogP contribution in [-0.4, -0.2) is 4.98 Å². The predicted octanol–water partition coefficient (Wildman–Crippen LogP) is 2.45. The summed E-state index contributed by atoms with van der Waals surface area (Å²) in [6, 6.07) is 0.511. The van der Waals surface area contributed by atoms with Crippen LogP contribution in [0.4, 0.5) is 14.8 Å². The van der Waals surface area contributed by atoms with E-state index in [1.165, 1.54) is 0 Å². The Labute approximate surface area is 79.7 Å². The first-order valence-corrected chi connectivity index (χ1v) is 4.08. The van der Waals surface area contributed by atoms with Gasteiger partial charge in [-0.15, -0.1) is 0 Å². The Bertz CT molecular complexity index is 483. The smallest absolute Gasteiger partial charge is 0.293 e. The van der Waals surface area contributed by atoms with E-state index in [0.717, 1.165) is 0 Å². The van der Waals surface area contributed by atoms with Gasteiger partial charge in [0.05, 0.1) is 4.47 Å². The Morgan fingerprint density at radius 3 is 2.77 bits per heavy atom. The molecule has 0 radical (unpaired) electrons. The molecule has 3 nitrogen and oxygen atoms in total. The Kier molecular flexibility index (Phi) is 1.73. The van der Waals surface area contributed by atoms with Gasteiger partial charge in [0.2, 0.25) is 0 Å². The maximum Gasteiger partial charge on any atom is 0.293 e. The minimum atomic E-state index is -0.820. The summed E-state index contributed by atoms with van der Waals surface area (Å²) >= 11 is 2.91. The van der Waals surface area contributed by atoms with Crippen LogP contribution in [0.15, 0.2) is 15.0 Å². The summed E-state index contributed by atoms with van der Waals surface area (Å²) in [7, 11) is 0. The first-order chi connectivity index (χ1) is 6.09. The second kappa shape index (κ2) is 2.66. The first kappa shape index (κ1) is 8.43. The largest absolute Gasteiger partial charge is 0.420 e. The molecule has 0 aliphatic heterocycles. The third-order valence-corrected chi connectivity index (χ3v) is 2.29. The quantitative estimate of drug-likeness (QED) is 0.729. The second-order valence-corrected chi connectivity index (χ2v) is 3.18. The molecule has 0 aliphatic rings. The number of fused-ring (bicyclic) bond motifs is 1. The molecule has 0 unspecified atom stereocenters. The molecule has 6 heteroatoms. The van der Waals surface area contributed by atoms with Crippen molar-refractivity contribution in [3.05, 3.63) is 22.2 Å². The average Bonchev–Trinajstić information content (AvgIpc) is 2.44. The molecule has 0 fully saturated rings. The van der Waals surface area contributed by atoms with E-state index in [4.69, 9.17) is 10.2 Å². The fraction of sp³-hybridized carbons (Fsp3) is 0. The van der Waals surface area contributed by atoms with E-state index in [-0.39, 0.29) is 21.6 Å². The lowest BCUT2D eigenvalue weighted by Gasteiger charge is -1.94. The van der Waals surface area contributed by atoms with Gasteiger partial charge in [0.25, 0.3) is 6.01 Å². The molecule has 1 aromatic carbocycles. The number of nitrogens with zero attached hydrogens (tertiary/aromatic N) is 1. The van der Waals surface area contributed by atoms with Crippen LogP contribution in [0, 0.1) is 11.6 Å². The molecule has 0 bridgehead atoms. The molecule has 0 saturated carbocycles. The van der Waals surface area contributed by atoms with E-state index in [0.29, 0.717) is 6.07 Å². The summed E-state index contributed by atoms with van der Waals surface area (Å²) in [6.07, 6.45) is 0. The van der Waals surface area contributed by atoms with Crippen molar-refractivity contribution in [2.75, 3.05) is 5.73 Å². The van der Waals surface area contributed by atoms with Crippen LogP contribution in [0.2, 0.25) is 0 Å². The summed E-state index contributed by atoms with van der Waals surface area (Å²) in [4.78, 5) is 3.62. The Hall–Kier alpha value is -1.17. The number of rotatable bonds is 0. The first-order valence-electron chi connectivity index (χ1n) is 3.29. The van der Waals surface area contributed by atoms with Crippen molar-refractivity contribution < 1.29 is 13.2 Å². The van der Waals surface area contributed by atoms with Crippen LogP contribution in [0.3, 0.4) is 0 Å². The third kappa shape index (κ3) is 1.17. The molecule has 68 valence electrons. The number of halogens is 3. The van der Waals surface area contributed by atoms with Crippen molar-refractivity contribution in [2.45, 2.75) is 0 Å². The van der Waals surface area contributed by atoms with Crippen LogP contribution in [-0.2, 0) is 0 Å². The van der Waals surface area contributed by atoms with Crippen LogP contribution >= 0.6 is 15.9 Å². The number of nitrogen functional groups attached to an aromatic ring is 1. The molecule has 2 N–H and O–H groups in total. The van der Waals surface area contributed by atoms with Crippen molar-refractivity contribution in [1.29, 1.82) is 0 Å². The summed E-state index contributed by atoms with van der Waals surface area (Å²) in [5.41, 5.74) is 5.09. The standard InChI is InChI=1S/C7H3BrF2N2O/c8-4-2(9)1-3(10)6-5(4)12-7(11)13-6/h1H,(H2,11,12). The number of hydrogen-bond acceptors (Lipinski definition) is 3. The van der Waals surface area contributed by atoms with E-state index >= 15 is 0 Å². The molecule has 1 aromatic heterocycles. The number of nitrogens with two attached hydrogens (primary N) is 1. The molecule has 2 aromatic rings. The topological polar surface area (TPSA) is 52.0 Å². The highest BCUT2D eigenvalue weighted by Gasteiger charge is 2.15. The van der Waals surface area contributed by atoms with Gasteiger partial charge in [-0.25, -0.2) is 8.78 Å². The van der Waals surface area contributed by atoms with Gasteiger partial charge in [-0.3, -0.25) is 0 Å². The highest BCUT2D eigenvalue weighted by molar-refractivity contribution is 9.10. The third-order valence-electron chi connectivity index (χ3n) is 1.53. The lowest BCUT2D eigenvalue weighted by Crippen LogP contribution is -1.84. The van der Waals surface area contributed by atoms with Gasteiger partial charge in [-0.1, -0.05) is 0 Å². The summed E-state index contributed by atoms with van der Waals surface area (Å²) in [5.74, 6) is -1.56. The summed E-state index contributed by atoms with van der Waals surface area (Å²) < 4.78 is 30.7. The molecule has 0 aliphatic carbocycles. The van der Waals surface area contributed by atoms with Gasteiger partial charge >= 0.3 is 0 Å². The Balaban J connectivity index is 2.95. The normalized spacial score (nSPS) is 11.0. The molecular formula is C7H3BrF2N2O. The molecule has 0 amide bonds. The molecule has 0 saturated heterocycles. The van der Waals surface area contributed by atoms with Crippen molar-refractivity contribution >= 4 is 33.0 Å². The highest BCUT2D eigenvalue weighted by atomic mass is 79.9. The van der Waals surface area contributed by atoms with E-state index in [2.05, 4.69) is 20.9 Å². The van der Waals surface area contributed by atoms with E-state index in [1.807, 2.05) is 0 Å². The van der Waals surface area contributed by atoms with Crippen molar-refractivity contribution in [3.8, 4) is 0 Å². The van der Waals surface area contributed by atoms with Crippen molar-refractivity contribution in [2.24, 2.45) is 0 Å². The zero-order chi connectivity index (χ0) is 9.59. The SMILES string of the molecule is Nc1nc2c(Br)c(F)cc(F)c2o1. The molecule has 0 atom stereocenters. The number of aromatic nitrogens is 1. The minimum absolute atomic E-state index is 0.0457. The molecule has 0 spiro atoms. The van der Waals surface area contributed by atoms with Crippen LogP contribution in [0.5, 0.6) is 0 Å². The van der Waals surface area contributed by atoms with E-state index < -0.39 is 11.6 Å². The van der Waals surface area contributed by atoms with E-state index in [1.54, 1.807) is 0 Å². The predicted molar refractivity (Wildman–Crippen MR) is 46.0 cm³/mol. The zero-order valence-electron chi connectivity index (χ0n) is 6.14. The van der Waals surface area contributed by atoms with Crippen molar-refractivity contribution in [3.63, 3.8) is 0 Å². The Morgan fingerprint density at radius 2 is 2.08 bits per heavy atom. The van der Waals surface area contributed by atoms with Gasteiger partial charge in [0.1, 0.15) is 11.3 Å². The lowest BCUT2D eigenvalue weighted by atomic mass is 10.3. The lowest BCUT2D eigenvalue weighted by molar-refractivity contribution is 0.551. The summed E-state index contributed by atoms with van der Waals surface area (Å²) in [6.45, 7) is 0.